The van der Waals surface area contributed by atoms with Gasteiger partial charge in [-0.05, 0) is 31.9 Å². The van der Waals surface area contributed by atoms with Crippen molar-refractivity contribution in [2.24, 2.45) is 5.92 Å². The second kappa shape index (κ2) is 7.55. The number of nitrogens with one attached hydrogen (secondary N) is 1. The average Bonchev–Trinajstić information content (AvgIpc) is 3.24. The molecule has 2 aromatic heterocycles. The Hall–Kier alpha value is -1.62. The Morgan fingerprint density at radius 2 is 2.12 bits per heavy atom. The molecule has 1 fully saturated rings. The molecule has 0 spiro atoms. The van der Waals surface area contributed by atoms with Gasteiger partial charge < -0.3 is 5.32 Å². The minimum atomic E-state index is -3.57. The fourth-order valence-corrected chi connectivity index (χ4v) is 6.47. The SMILES string of the molecule is CC(=O)c1csc(NC(=O)C2CCCN(S(=O)(=O)c3ccc(C)s3)C2)n1. The predicted octanol–water partition coefficient (Wildman–Crippen LogP) is 2.76. The van der Waals surface area contributed by atoms with Gasteiger partial charge in [-0.25, -0.2) is 13.4 Å². The summed E-state index contributed by atoms with van der Waals surface area (Å²) in [5.74, 6) is -0.871. The zero-order valence-corrected chi connectivity index (χ0v) is 16.8. The summed E-state index contributed by atoms with van der Waals surface area (Å²) in [6, 6.07) is 3.39. The average molecular weight is 414 g/mol. The summed E-state index contributed by atoms with van der Waals surface area (Å²) < 4.78 is 27.2. The lowest BCUT2D eigenvalue weighted by molar-refractivity contribution is -0.120. The van der Waals surface area contributed by atoms with Crippen LogP contribution in [-0.2, 0) is 14.8 Å². The van der Waals surface area contributed by atoms with Gasteiger partial charge in [0.15, 0.2) is 10.9 Å². The van der Waals surface area contributed by atoms with Crippen LogP contribution in [0.1, 0.15) is 35.1 Å². The first-order chi connectivity index (χ1) is 12.3. The number of aryl methyl sites for hydroxylation is 1. The summed E-state index contributed by atoms with van der Waals surface area (Å²) in [6.45, 7) is 3.83. The first kappa shape index (κ1) is 19.2. The molecule has 2 aromatic rings. The highest BCUT2D eigenvalue weighted by Crippen LogP contribution is 2.29. The molecule has 10 heteroatoms. The third-order valence-corrected chi connectivity index (χ3v) is 8.25. The lowest BCUT2D eigenvalue weighted by Gasteiger charge is -2.30. The first-order valence-corrected chi connectivity index (χ1v) is 11.2. The van der Waals surface area contributed by atoms with Crippen molar-refractivity contribution in [2.45, 2.75) is 30.9 Å². The molecule has 1 atom stereocenters. The monoisotopic (exact) mass is 413 g/mol. The van der Waals surface area contributed by atoms with E-state index in [1.165, 1.54) is 33.9 Å². The number of amides is 1. The van der Waals surface area contributed by atoms with Crippen LogP contribution in [0.25, 0.3) is 0 Å². The Labute approximate surface area is 160 Å². The van der Waals surface area contributed by atoms with Crippen LogP contribution in [0, 0.1) is 12.8 Å². The van der Waals surface area contributed by atoms with Gasteiger partial charge >= 0.3 is 0 Å². The highest BCUT2D eigenvalue weighted by molar-refractivity contribution is 7.91. The van der Waals surface area contributed by atoms with E-state index in [9.17, 15) is 18.0 Å². The lowest BCUT2D eigenvalue weighted by Crippen LogP contribution is -2.43. The molecule has 0 bridgehead atoms. The van der Waals surface area contributed by atoms with Crippen molar-refractivity contribution in [2.75, 3.05) is 18.4 Å². The molecule has 0 radical (unpaired) electrons. The molecule has 1 N–H and O–H groups in total. The number of thiazole rings is 1. The number of thiophene rings is 1. The van der Waals surface area contributed by atoms with Gasteiger partial charge in [0.2, 0.25) is 5.91 Å². The van der Waals surface area contributed by atoms with Gasteiger partial charge in [-0.15, -0.1) is 22.7 Å². The lowest BCUT2D eigenvalue weighted by atomic mass is 9.99. The number of ketones is 1. The van der Waals surface area contributed by atoms with Gasteiger partial charge in [-0.2, -0.15) is 4.31 Å². The maximum absolute atomic E-state index is 12.8. The van der Waals surface area contributed by atoms with E-state index in [0.29, 0.717) is 34.4 Å². The number of anilines is 1. The molecule has 0 saturated carbocycles. The van der Waals surface area contributed by atoms with E-state index >= 15 is 0 Å². The molecule has 1 aliphatic rings. The molecule has 0 aliphatic carbocycles. The number of rotatable bonds is 5. The molecule has 0 aromatic carbocycles. The first-order valence-electron chi connectivity index (χ1n) is 8.11. The van der Waals surface area contributed by atoms with Crippen molar-refractivity contribution in [3.8, 4) is 0 Å². The number of carbonyl (C=O) groups excluding carboxylic acids is 2. The molecular formula is C16H19N3O4S3. The van der Waals surface area contributed by atoms with Crippen LogP contribution in [0.3, 0.4) is 0 Å². The molecule has 3 heterocycles. The molecule has 26 heavy (non-hydrogen) atoms. The molecule has 7 nitrogen and oxygen atoms in total. The standard InChI is InChI=1S/C16H19N3O4S3/c1-10-5-6-14(25-10)26(22,23)19-7-3-4-12(8-19)15(21)18-16-17-13(9-24-16)11(2)20/h5-6,9,12H,3-4,7-8H2,1-2H3,(H,17,18,21). The maximum Gasteiger partial charge on any atom is 0.252 e. The summed E-state index contributed by atoms with van der Waals surface area (Å²) >= 11 is 2.42. The van der Waals surface area contributed by atoms with Crippen molar-refractivity contribution in [3.63, 3.8) is 0 Å². The third kappa shape index (κ3) is 4.03. The molecule has 1 unspecified atom stereocenters. The van der Waals surface area contributed by atoms with Crippen LogP contribution in [-0.4, -0.2) is 42.5 Å². The Morgan fingerprint density at radius 1 is 1.35 bits per heavy atom. The number of Topliss-reactive ketones (excluding diaryl/α,β-unsaturated/α-hetero) is 1. The van der Waals surface area contributed by atoms with E-state index in [1.54, 1.807) is 17.5 Å². The number of hydrogen-bond donors (Lipinski definition) is 1. The van der Waals surface area contributed by atoms with Crippen molar-refractivity contribution < 1.29 is 18.0 Å². The van der Waals surface area contributed by atoms with Crippen LogP contribution in [0.4, 0.5) is 5.13 Å². The molecule has 1 aliphatic heterocycles. The number of aromatic nitrogens is 1. The van der Waals surface area contributed by atoms with Crippen LogP contribution in [0.2, 0.25) is 0 Å². The number of sulfonamides is 1. The van der Waals surface area contributed by atoms with Gasteiger partial charge in [0.1, 0.15) is 9.90 Å². The number of hydrogen-bond acceptors (Lipinski definition) is 7. The van der Waals surface area contributed by atoms with E-state index in [0.717, 1.165) is 4.88 Å². The Balaban J connectivity index is 1.69. The zero-order chi connectivity index (χ0) is 18.9. The van der Waals surface area contributed by atoms with Crippen LogP contribution in [0.5, 0.6) is 0 Å². The third-order valence-electron chi connectivity index (χ3n) is 4.16. The van der Waals surface area contributed by atoms with Gasteiger partial charge in [0.25, 0.3) is 10.0 Å². The predicted molar refractivity (Wildman–Crippen MR) is 101 cm³/mol. The number of piperidine rings is 1. The van der Waals surface area contributed by atoms with Crippen LogP contribution in [0.15, 0.2) is 21.7 Å². The highest BCUT2D eigenvalue weighted by Gasteiger charge is 2.34. The maximum atomic E-state index is 12.8. The quantitative estimate of drug-likeness (QED) is 0.760. The Kier molecular flexibility index (Phi) is 5.56. The highest BCUT2D eigenvalue weighted by atomic mass is 32.2. The van der Waals surface area contributed by atoms with Gasteiger partial charge in [-0.1, -0.05) is 0 Å². The molecule has 140 valence electrons. The number of carbonyl (C=O) groups is 2. The fourth-order valence-electron chi connectivity index (χ4n) is 2.75. The van der Waals surface area contributed by atoms with E-state index in [4.69, 9.17) is 0 Å². The Morgan fingerprint density at radius 3 is 2.73 bits per heavy atom. The van der Waals surface area contributed by atoms with Gasteiger partial charge in [-0.3, -0.25) is 9.59 Å². The second-order valence-electron chi connectivity index (χ2n) is 6.15. The fraction of sp³-hybridized carbons (Fsp3) is 0.438. The van der Waals surface area contributed by atoms with E-state index in [2.05, 4.69) is 10.3 Å². The van der Waals surface area contributed by atoms with Crippen LogP contribution < -0.4 is 5.32 Å². The molecule has 3 rings (SSSR count). The van der Waals surface area contributed by atoms with E-state index in [-0.39, 0.29) is 18.2 Å². The number of nitrogens with zero attached hydrogens (tertiary/aromatic N) is 2. The summed E-state index contributed by atoms with van der Waals surface area (Å²) in [5.41, 5.74) is 0.311. The van der Waals surface area contributed by atoms with Crippen molar-refractivity contribution in [3.05, 3.63) is 28.1 Å². The zero-order valence-electron chi connectivity index (χ0n) is 14.4. The minimum absolute atomic E-state index is 0.149. The van der Waals surface area contributed by atoms with Crippen molar-refractivity contribution in [1.82, 2.24) is 9.29 Å². The van der Waals surface area contributed by atoms with Crippen molar-refractivity contribution in [1.29, 1.82) is 0 Å². The molecule has 1 amide bonds. The van der Waals surface area contributed by atoms with E-state index in [1.807, 2.05) is 6.92 Å². The Bertz CT molecular complexity index is 932. The van der Waals surface area contributed by atoms with Gasteiger partial charge in [0.05, 0.1) is 5.92 Å². The summed E-state index contributed by atoms with van der Waals surface area (Å²) in [6.07, 6.45) is 1.24. The topological polar surface area (TPSA) is 96.4 Å². The molecule has 1 saturated heterocycles. The van der Waals surface area contributed by atoms with Crippen LogP contribution >= 0.6 is 22.7 Å². The minimum Gasteiger partial charge on any atom is -0.302 e. The summed E-state index contributed by atoms with van der Waals surface area (Å²) in [7, 11) is -3.57. The normalized spacial score (nSPS) is 18.6. The largest absolute Gasteiger partial charge is 0.302 e. The van der Waals surface area contributed by atoms with E-state index < -0.39 is 15.9 Å². The summed E-state index contributed by atoms with van der Waals surface area (Å²) in [5, 5.41) is 4.65. The van der Waals surface area contributed by atoms with Crippen molar-refractivity contribution >= 4 is 49.5 Å². The van der Waals surface area contributed by atoms with Gasteiger partial charge in [0, 0.05) is 30.3 Å². The second-order valence-corrected chi connectivity index (χ2v) is 10.5. The smallest absolute Gasteiger partial charge is 0.252 e. The summed E-state index contributed by atoms with van der Waals surface area (Å²) in [4.78, 5) is 28.8. The molecular weight excluding hydrogens is 394 g/mol.